The summed E-state index contributed by atoms with van der Waals surface area (Å²) in [5.74, 6) is -0.556. The molecular formula is C22H32N2O9S2. The average Bonchev–Trinajstić information content (AvgIpc) is 2.80. The van der Waals surface area contributed by atoms with Crippen molar-refractivity contribution in [2.45, 2.75) is 23.6 Å². The van der Waals surface area contributed by atoms with Crippen LogP contribution in [0.25, 0.3) is 0 Å². The highest BCUT2D eigenvalue weighted by Gasteiger charge is 2.19. The van der Waals surface area contributed by atoms with Crippen molar-refractivity contribution in [2.75, 3.05) is 52.7 Å². The van der Waals surface area contributed by atoms with Crippen LogP contribution in [0, 0.1) is 13.8 Å². The molecule has 0 unspecified atom stereocenters. The maximum absolute atomic E-state index is 12.2. The van der Waals surface area contributed by atoms with Crippen molar-refractivity contribution in [2.24, 2.45) is 0 Å². The van der Waals surface area contributed by atoms with Crippen LogP contribution in [-0.2, 0) is 34.3 Å². The second-order valence-corrected chi connectivity index (χ2v) is 10.9. The van der Waals surface area contributed by atoms with Gasteiger partial charge in [-0.1, -0.05) is 24.3 Å². The monoisotopic (exact) mass is 532 g/mol. The van der Waals surface area contributed by atoms with Crippen LogP contribution in [0.4, 0.5) is 0 Å². The number of hydrogen-bond acceptors (Lipinski definition) is 9. The van der Waals surface area contributed by atoms with Gasteiger partial charge in [-0.25, -0.2) is 26.3 Å². The molecule has 11 nitrogen and oxygen atoms in total. The molecule has 0 fully saturated rings. The highest BCUT2D eigenvalue weighted by molar-refractivity contribution is 7.89. The molecular weight excluding hydrogens is 500 g/mol. The van der Waals surface area contributed by atoms with Gasteiger partial charge in [-0.2, -0.15) is 0 Å². The Hall–Kier alpha value is -2.26. The van der Waals surface area contributed by atoms with E-state index < -0.39 is 20.0 Å². The number of aromatic hydroxyl groups is 2. The number of sulfonamides is 2. The molecule has 0 spiro atoms. The van der Waals surface area contributed by atoms with Gasteiger partial charge >= 0.3 is 0 Å². The molecule has 0 aliphatic carbocycles. The number of benzene rings is 2. The number of nitrogens with one attached hydrogen (secondary N) is 2. The minimum Gasteiger partial charge on any atom is -0.506 e. The summed E-state index contributed by atoms with van der Waals surface area (Å²) in [5, 5.41) is 19.8. The van der Waals surface area contributed by atoms with E-state index in [1.54, 1.807) is 38.1 Å². The zero-order valence-corrected chi connectivity index (χ0v) is 21.3. The summed E-state index contributed by atoms with van der Waals surface area (Å²) in [4.78, 5) is -0.358. The van der Waals surface area contributed by atoms with Crippen LogP contribution in [0.2, 0.25) is 0 Å². The molecule has 0 atom stereocenters. The van der Waals surface area contributed by atoms with Crippen LogP contribution in [0.3, 0.4) is 0 Å². The van der Waals surface area contributed by atoms with Gasteiger partial charge in [-0.05, 0) is 37.1 Å². The Bertz CT molecular complexity index is 1080. The lowest BCUT2D eigenvalue weighted by atomic mass is 10.2. The Morgan fingerprint density at radius 2 is 0.971 bits per heavy atom. The number of para-hydroxylation sites is 2. The number of aryl methyl sites for hydroxylation is 2. The number of phenolic OH excluding ortho intramolecular Hbond substituents is 2. The third kappa shape index (κ3) is 9.04. The first-order valence-corrected chi connectivity index (χ1v) is 13.8. The summed E-state index contributed by atoms with van der Waals surface area (Å²) in [6.07, 6.45) is 0. The van der Waals surface area contributed by atoms with Crippen LogP contribution in [-0.4, -0.2) is 79.8 Å². The number of ether oxygens (including phenoxy) is 3. The first kappa shape index (κ1) is 29.0. The minimum atomic E-state index is -3.84. The Balaban J connectivity index is 1.50. The molecule has 0 radical (unpaired) electrons. The van der Waals surface area contributed by atoms with Gasteiger partial charge in [-0.15, -0.1) is 0 Å². The summed E-state index contributed by atoms with van der Waals surface area (Å²) in [7, 11) is -7.68. The van der Waals surface area contributed by atoms with Crippen molar-refractivity contribution in [1.82, 2.24) is 9.44 Å². The second-order valence-electron chi connectivity index (χ2n) is 7.48. The van der Waals surface area contributed by atoms with E-state index in [0.29, 0.717) is 11.1 Å². The summed E-state index contributed by atoms with van der Waals surface area (Å²) in [6, 6.07) is 8.98. The van der Waals surface area contributed by atoms with Gasteiger partial charge in [0.05, 0.1) is 39.6 Å². The zero-order valence-electron chi connectivity index (χ0n) is 19.7. The van der Waals surface area contributed by atoms with Gasteiger partial charge < -0.3 is 24.4 Å². The molecule has 4 N–H and O–H groups in total. The van der Waals surface area contributed by atoms with Gasteiger partial charge in [0, 0.05) is 13.1 Å². The maximum Gasteiger partial charge on any atom is 0.244 e. The van der Waals surface area contributed by atoms with Crippen LogP contribution in [0.1, 0.15) is 11.1 Å². The lowest BCUT2D eigenvalue weighted by molar-refractivity contribution is 0.0167. The predicted molar refractivity (Wildman–Crippen MR) is 129 cm³/mol. The molecule has 0 aromatic heterocycles. The fourth-order valence-corrected chi connectivity index (χ4v) is 5.25. The van der Waals surface area contributed by atoms with Gasteiger partial charge in [0.15, 0.2) is 0 Å². The van der Waals surface area contributed by atoms with E-state index in [1.165, 1.54) is 12.1 Å². The van der Waals surface area contributed by atoms with Gasteiger partial charge in [0.25, 0.3) is 0 Å². The minimum absolute atomic E-state index is 0.0368. The normalized spacial score (nSPS) is 12.2. The van der Waals surface area contributed by atoms with Crippen molar-refractivity contribution in [3.05, 3.63) is 47.5 Å². The number of rotatable bonds is 16. The topological polar surface area (TPSA) is 160 Å². The van der Waals surface area contributed by atoms with Gasteiger partial charge in [-0.3, -0.25) is 0 Å². The molecule has 0 heterocycles. The molecule has 0 aliphatic heterocycles. The smallest absolute Gasteiger partial charge is 0.244 e. The van der Waals surface area contributed by atoms with Crippen molar-refractivity contribution in [1.29, 1.82) is 0 Å². The first-order valence-electron chi connectivity index (χ1n) is 10.9. The largest absolute Gasteiger partial charge is 0.506 e. The molecule has 2 aromatic rings. The fraction of sp³-hybridized carbons (Fsp3) is 0.455. The number of hydrogen-bond donors (Lipinski definition) is 4. The summed E-state index contributed by atoms with van der Waals surface area (Å²) >= 11 is 0. The van der Waals surface area contributed by atoms with Gasteiger partial charge in [0.2, 0.25) is 20.0 Å². The van der Waals surface area contributed by atoms with Crippen LogP contribution >= 0.6 is 0 Å². The molecule has 2 aromatic carbocycles. The standard InChI is InChI=1S/C22H32N2O9S2/c1-17-5-3-7-19(21(17)25)34(27,28)23-9-11-31-13-15-33-16-14-32-12-10-24-35(29,30)20-8-4-6-18(2)22(20)26/h3-8,23-26H,9-16H2,1-2H3. The van der Waals surface area contributed by atoms with Crippen LogP contribution < -0.4 is 9.44 Å². The number of phenols is 2. The maximum atomic E-state index is 12.2. The van der Waals surface area contributed by atoms with Crippen molar-refractivity contribution in [3.8, 4) is 11.5 Å². The molecule has 0 saturated carbocycles. The highest BCUT2D eigenvalue weighted by Crippen LogP contribution is 2.26. The van der Waals surface area contributed by atoms with Crippen molar-refractivity contribution >= 4 is 20.0 Å². The Morgan fingerprint density at radius 3 is 1.34 bits per heavy atom. The van der Waals surface area contributed by atoms with Crippen LogP contribution in [0.15, 0.2) is 46.2 Å². The first-order chi connectivity index (χ1) is 16.6. The lowest BCUT2D eigenvalue weighted by Crippen LogP contribution is -2.28. The lowest BCUT2D eigenvalue weighted by Gasteiger charge is -2.11. The third-order valence-corrected chi connectivity index (χ3v) is 7.79. The fourth-order valence-electron chi connectivity index (χ4n) is 2.89. The quantitative estimate of drug-likeness (QED) is 0.231. The summed E-state index contributed by atoms with van der Waals surface area (Å²) in [5.41, 5.74) is 0.934. The Morgan fingerprint density at radius 1 is 0.629 bits per heavy atom. The van der Waals surface area contributed by atoms with Crippen molar-refractivity contribution < 1.29 is 41.3 Å². The van der Waals surface area contributed by atoms with E-state index in [4.69, 9.17) is 14.2 Å². The molecule has 196 valence electrons. The van der Waals surface area contributed by atoms with E-state index in [-0.39, 0.29) is 74.0 Å². The molecule has 0 aliphatic rings. The summed E-state index contributed by atoms with van der Waals surface area (Å²) < 4.78 is 69.6. The molecule has 35 heavy (non-hydrogen) atoms. The van der Waals surface area contributed by atoms with Gasteiger partial charge in [0.1, 0.15) is 21.3 Å². The SMILES string of the molecule is Cc1cccc(S(=O)(=O)NCCOCCOCCOCCNS(=O)(=O)c2cccc(C)c2O)c1O. The Labute approximate surface area is 206 Å². The molecule has 0 saturated heterocycles. The average molecular weight is 533 g/mol. The van der Waals surface area contributed by atoms with Crippen LogP contribution in [0.5, 0.6) is 11.5 Å². The molecule has 0 amide bonds. The highest BCUT2D eigenvalue weighted by atomic mass is 32.2. The molecule has 0 bridgehead atoms. The van der Waals surface area contributed by atoms with E-state index >= 15 is 0 Å². The van der Waals surface area contributed by atoms with E-state index in [1.807, 2.05) is 0 Å². The predicted octanol–water partition coefficient (Wildman–Crippen LogP) is 1.02. The second kappa shape index (κ2) is 13.7. The van der Waals surface area contributed by atoms with E-state index in [2.05, 4.69) is 9.44 Å². The molecule has 2 rings (SSSR count). The van der Waals surface area contributed by atoms with E-state index in [9.17, 15) is 27.0 Å². The van der Waals surface area contributed by atoms with E-state index in [0.717, 1.165) is 0 Å². The Kier molecular flexibility index (Phi) is 11.4. The molecule has 13 heteroatoms. The summed E-state index contributed by atoms with van der Waals surface area (Å²) in [6.45, 7) is 4.59. The zero-order chi connectivity index (χ0) is 25.9. The third-order valence-electron chi connectivity index (χ3n) is 4.80. The van der Waals surface area contributed by atoms with Crippen molar-refractivity contribution in [3.63, 3.8) is 0 Å².